The zero-order chi connectivity index (χ0) is 15.4. The van der Waals surface area contributed by atoms with Crippen LogP contribution < -0.4 is 5.32 Å². The Morgan fingerprint density at radius 3 is 2.76 bits per heavy atom. The van der Waals surface area contributed by atoms with Crippen molar-refractivity contribution in [2.24, 2.45) is 0 Å². The van der Waals surface area contributed by atoms with E-state index in [2.05, 4.69) is 15.3 Å². The van der Waals surface area contributed by atoms with Gasteiger partial charge >= 0.3 is 5.97 Å². The van der Waals surface area contributed by atoms with E-state index in [4.69, 9.17) is 28.3 Å². The molecule has 0 saturated heterocycles. The molecule has 1 aromatic heterocycles. The third kappa shape index (κ3) is 4.06. The first-order valence-electron chi connectivity index (χ1n) is 6.22. The molecule has 21 heavy (non-hydrogen) atoms. The fourth-order valence-corrected chi connectivity index (χ4v) is 2.30. The maximum Gasteiger partial charge on any atom is 0.339 e. The molecule has 2 aromatic rings. The van der Waals surface area contributed by atoms with Gasteiger partial charge in [0.2, 0.25) is 5.95 Å². The molecule has 110 valence electrons. The number of carboxylic acids is 1. The van der Waals surface area contributed by atoms with Crippen LogP contribution in [0.2, 0.25) is 10.0 Å². The first kappa shape index (κ1) is 15.5. The molecule has 0 bridgehead atoms. The van der Waals surface area contributed by atoms with Gasteiger partial charge in [-0.05, 0) is 31.0 Å². The van der Waals surface area contributed by atoms with Crippen molar-refractivity contribution in [3.63, 3.8) is 0 Å². The van der Waals surface area contributed by atoms with E-state index in [0.29, 0.717) is 34.7 Å². The monoisotopic (exact) mass is 325 g/mol. The van der Waals surface area contributed by atoms with Gasteiger partial charge in [-0.2, -0.15) is 0 Å². The van der Waals surface area contributed by atoms with Crippen LogP contribution in [0.3, 0.4) is 0 Å². The topological polar surface area (TPSA) is 75.1 Å². The first-order valence-corrected chi connectivity index (χ1v) is 6.97. The molecule has 1 aromatic carbocycles. The van der Waals surface area contributed by atoms with Gasteiger partial charge in [-0.3, -0.25) is 0 Å². The van der Waals surface area contributed by atoms with E-state index in [1.54, 1.807) is 19.1 Å². The second-order valence-corrected chi connectivity index (χ2v) is 5.25. The van der Waals surface area contributed by atoms with Gasteiger partial charge in [-0.1, -0.05) is 29.3 Å². The molecule has 0 aliphatic heterocycles. The minimum atomic E-state index is -1.04. The quantitative estimate of drug-likeness (QED) is 0.880. The van der Waals surface area contributed by atoms with Crippen molar-refractivity contribution in [2.45, 2.75) is 13.3 Å². The first-order chi connectivity index (χ1) is 9.97. The van der Waals surface area contributed by atoms with Gasteiger partial charge in [0, 0.05) is 22.8 Å². The molecule has 0 radical (unpaired) electrons. The van der Waals surface area contributed by atoms with E-state index in [1.807, 2.05) is 6.07 Å². The Morgan fingerprint density at radius 2 is 2.14 bits per heavy atom. The highest BCUT2D eigenvalue weighted by Crippen LogP contribution is 2.21. The van der Waals surface area contributed by atoms with Gasteiger partial charge < -0.3 is 10.4 Å². The Morgan fingerprint density at radius 1 is 1.38 bits per heavy atom. The van der Waals surface area contributed by atoms with Crippen molar-refractivity contribution >= 4 is 35.1 Å². The second-order valence-electron chi connectivity index (χ2n) is 4.41. The number of aromatic nitrogens is 2. The number of nitrogens with one attached hydrogen (secondary N) is 1. The maximum atomic E-state index is 10.9. The van der Waals surface area contributed by atoms with Gasteiger partial charge in [0.05, 0.1) is 11.3 Å². The van der Waals surface area contributed by atoms with Gasteiger partial charge in [0.25, 0.3) is 0 Å². The Bertz CT molecular complexity index is 677. The molecule has 0 fully saturated rings. The van der Waals surface area contributed by atoms with Crippen molar-refractivity contribution in [3.8, 4) is 0 Å². The van der Waals surface area contributed by atoms with Crippen molar-refractivity contribution in [3.05, 3.63) is 51.3 Å². The van der Waals surface area contributed by atoms with Crippen LogP contribution in [0, 0.1) is 6.92 Å². The molecule has 0 spiro atoms. The van der Waals surface area contributed by atoms with Crippen molar-refractivity contribution in [1.82, 2.24) is 9.97 Å². The van der Waals surface area contributed by atoms with E-state index in [9.17, 15) is 4.79 Å². The van der Waals surface area contributed by atoms with Crippen LogP contribution in [-0.4, -0.2) is 27.6 Å². The fraction of sp³-hybridized carbons (Fsp3) is 0.214. The second kappa shape index (κ2) is 6.74. The number of aryl methyl sites for hydroxylation is 1. The summed E-state index contributed by atoms with van der Waals surface area (Å²) in [6, 6.07) is 5.35. The average Bonchev–Trinajstić information content (AvgIpc) is 2.41. The zero-order valence-electron chi connectivity index (χ0n) is 11.2. The van der Waals surface area contributed by atoms with Gasteiger partial charge in [0.15, 0.2) is 0 Å². The third-order valence-corrected chi connectivity index (χ3v) is 3.49. The smallest absolute Gasteiger partial charge is 0.339 e. The lowest BCUT2D eigenvalue weighted by molar-refractivity contribution is 0.0695. The summed E-state index contributed by atoms with van der Waals surface area (Å²) >= 11 is 11.9. The number of anilines is 1. The Hall–Kier alpha value is -1.85. The number of benzene rings is 1. The Balaban J connectivity index is 1.97. The summed E-state index contributed by atoms with van der Waals surface area (Å²) in [5, 5.41) is 13.2. The normalized spacial score (nSPS) is 10.4. The zero-order valence-corrected chi connectivity index (χ0v) is 12.7. The maximum absolute atomic E-state index is 10.9. The van der Waals surface area contributed by atoms with E-state index in [-0.39, 0.29) is 5.56 Å². The molecular weight excluding hydrogens is 313 g/mol. The van der Waals surface area contributed by atoms with Gasteiger partial charge in [-0.15, -0.1) is 0 Å². The Kier molecular flexibility index (Phi) is 4.98. The molecule has 0 amide bonds. The summed E-state index contributed by atoms with van der Waals surface area (Å²) in [4.78, 5) is 18.9. The van der Waals surface area contributed by atoms with Crippen LogP contribution in [0.25, 0.3) is 0 Å². The number of carbonyl (C=O) groups is 1. The summed E-state index contributed by atoms with van der Waals surface area (Å²) in [5.74, 6) is -0.644. The van der Waals surface area contributed by atoms with E-state index in [1.165, 1.54) is 6.20 Å². The lowest BCUT2D eigenvalue weighted by Gasteiger charge is -2.08. The van der Waals surface area contributed by atoms with E-state index in [0.717, 1.165) is 5.56 Å². The van der Waals surface area contributed by atoms with Crippen LogP contribution in [0.1, 0.15) is 21.6 Å². The van der Waals surface area contributed by atoms with Crippen molar-refractivity contribution < 1.29 is 9.90 Å². The lowest BCUT2D eigenvalue weighted by Crippen LogP contribution is -2.11. The highest BCUT2D eigenvalue weighted by atomic mass is 35.5. The minimum Gasteiger partial charge on any atom is -0.478 e. The number of rotatable bonds is 5. The fourth-order valence-electron chi connectivity index (χ4n) is 1.80. The van der Waals surface area contributed by atoms with Crippen LogP contribution in [0.15, 0.2) is 24.4 Å². The van der Waals surface area contributed by atoms with Gasteiger partial charge in [-0.25, -0.2) is 14.8 Å². The lowest BCUT2D eigenvalue weighted by atomic mass is 10.1. The van der Waals surface area contributed by atoms with Crippen LogP contribution in [0.5, 0.6) is 0 Å². The predicted molar refractivity (Wildman–Crippen MR) is 82.4 cm³/mol. The molecule has 0 saturated carbocycles. The van der Waals surface area contributed by atoms with E-state index < -0.39 is 5.97 Å². The van der Waals surface area contributed by atoms with Crippen LogP contribution >= 0.6 is 23.2 Å². The van der Waals surface area contributed by atoms with Crippen LogP contribution in [-0.2, 0) is 6.42 Å². The number of hydrogen-bond acceptors (Lipinski definition) is 4. The summed E-state index contributed by atoms with van der Waals surface area (Å²) < 4.78 is 0. The molecule has 5 nitrogen and oxygen atoms in total. The molecule has 0 unspecified atom stereocenters. The molecule has 0 aliphatic rings. The van der Waals surface area contributed by atoms with Crippen molar-refractivity contribution in [1.29, 1.82) is 0 Å². The summed E-state index contributed by atoms with van der Waals surface area (Å²) in [5.41, 5.74) is 1.48. The SMILES string of the molecule is Cc1nc(NCCc2ccc(Cl)cc2Cl)ncc1C(=O)O. The molecule has 2 N–H and O–H groups in total. The molecule has 0 atom stereocenters. The number of nitrogens with zero attached hydrogens (tertiary/aromatic N) is 2. The predicted octanol–water partition coefficient (Wildman–Crippen LogP) is 3.44. The molecular formula is C14H13Cl2N3O2. The minimum absolute atomic E-state index is 0.0984. The van der Waals surface area contributed by atoms with Crippen molar-refractivity contribution in [2.75, 3.05) is 11.9 Å². The molecule has 2 rings (SSSR count). The highest BCUT2D eigenvalue weighted by Gasteiger charge is 2.09. The summed E-state index contributed by atoms with van der Waals surface area (Å²) in [7, 11) is 0. The average molecular weight is 326 g/mol. The largest absolute Gasteiger partial charge is 0.478 e. The molecule has 7 heteroatoms. The number of carboxylic acid groups (broad SMARTS) is 1. The summed E-state index contributed by atoms with van der Waals surface area (Å²) in [6.07, 6.45) is 1.97. The Labute approximate surface area is 131 Å². The molecule has 1 heterocycles. The highest BCUT2D eigenvalue weighted by molar-refractivity contribution is 6.35. The van der Waals surface area contributed by atoms with E-state index >= 15 is 0 Å². The number of halogens is 2. The standard InChI is InChI=1S/C14H13Cl2N3O2/c1-8-11(13(20)21)7-18-14(19-8)17-5-4-9-2-3-10(15)6-12(9)16/h2-3,6-7H,4-5H2,1H3,(H,20,21)(H,17,18,19). The number of aromatic carboxylic acids is 1. The van der Waals surface area contributed by atoms with Crippen LogP contribution in [0.4, 0.5) is 5.95 Å². The van der Waals surface area contributed by atoms with Gasteiger partial charge in [0.1, 0.15) is 0 Å². The number of hydrogen-bond donors (Lipinski definition) is 2. The third-order valence-electron chi connectivity index (χ3n) is 2.90. The summed E-state index contributed by atoms with van der Waals surface area (Å²) in [6.45, 7) is 2.21. The molecule has 0 aliphatic carbocycles.